The molecule has 1 heterocycles. The molecule has 172 valence electrons. The van der Waals surface area contributed by atoms with Crippen LogP contribution in [-0.2, 0) is 14.8 Å². The fraction of sp³-hybridized carbons (Fsp3) is 0.409. The van der Waals surface area contributed by atoms with Gasteiger partial charge in [-0.05, 0) is 56.0 Å². The molecular formula is C22H28N4O5S. The fourth-order valence-corrected chi connectivity index (χ4v) is 5.14. The standard InChI is InChI=1S/C22H28N4O5S/c1-3-21(25(32(2,30)31)19-8-7-9-20(16-19)26(28)29)22(27)23-17-10-12-18(13-11-17)24-14-5-4-6-15-24/h7-13,16,21H,3-6,14-15H2,1-2H3,(H,23,27)/t21-/m1/s1. The highest BCUT2D eigenvalue weighted by atomic mass is 32.2. The second kappa shape index (κ2) is 9.99. The molecule has 3 rings (SSSR count). The van der Waals surface area contributed by atoms with E-state index in [1.165, 1.54) is 24.6 Å². The molecule has 1 aliphatic heterocycles. The average Bonchev–Trinajstić information content (AvgIpc) is 2.77. The third-order valence-corrected chi connectivity index (χ3v) is 6.66. The lowest BCUT2D eigenvalue weighted by molar-refractivity contribution is -0.384. The van der Waals surface area contributed by atoms with Crippen LogP contribution >= 0.6 is 0 Å². The zero-order valence-corrected chi connectivity index (χ0v) is 19.0. The molecule has 0 aromatic heterocycles. The highest BCUT2D eigenvalue weighted by Crippen LogP contribution is 2.27. The van der Waals surface area contributed by atoms with Gasteiger partial charge in [-0.2, -0.15) is 0 Å². The number of benzene rings is 2. The van der Waals surface area contributed by atoms with E-state index in [2.05, 4.69) is 10.2 Å². The normalized spacial score (nSPS) is 15.1. The minimum Gasteiger partial charge on any atom is -0.372 e. The Labute approximate surface area is 188 Å². The van der Waals surface area contributed by atoms with Gasteiger partial charge in [0, 0.05) is 36.6 Å². The van der Waals surface area contributed by atoms with Crippen LogP contribution in [0.3, 0.4) is 0 Å². The molecule has 0 aliphatic carbocycles. The number of carbonyl (C=O) groups excluding carboxylic acids is 1. The summed E-state index contributed by atoms with van der Waals surface area (Å²) in [7, 11) is -3.89. The van der Waals surface area contributed by atoms with Crippen molar-refractivity contribution >= 4 is 38.7 Å². The average molecular weight is 461 g/mol. The number of carbonyl (C=O) groups is 1. The van der Waals surface area contributed by atoms with Crippen molar-refractivity contribution in [1.82, 2.24) is 0 Å². The van der Waals surface area contributed by atoms with Gasteiger partial charge in [-0.1, -0.05) is 13.0 Å². The minimum absolute atomic E-state index is 0.0733. The predicted molar refractivity (Wildman–Crippen MR) is 126 cm³/mol. The first-order chi connectivity index (χ1) is 15.2. The summed E-state index contributed by atoms with van der Waals surface area (Å²) in [5.41, 5.74) is 1.47. The topological polar surface area (TPSA) is 113 Å². The maximum atomic E-state index is 13.0. The van der Waals surface area contributed by atoms with Gasteiger partial charge in [-0.15, -0.1) is 0 Å². The number of nitrogens with zero attached hydrogens (tertiary/aromatic N) is 3. The molecule has 2 aromatic carbocycles. The van der Waals surface area contributed by atoms with Gasteiger partial charge >= 0.3 is 0 Å². The number of nitro groups is 1. The molecule has 0 bridgehead atoms. The van der Waals surface area contributed by atoms with Gasteiger partial charge in [0.1, 0.15) is 6.04 Å². The maximum Gasteiger partial charge on any atom is 0.271 e. The van der Waals surface area contributed by atoms with E-state index in [1.807, 2.05) is 12.1 Å². The van der Waals surface area contributed by atoms with Crippen molar-refractivity contribution in [3.63, 3.8) is 0 Å². The Morgan fingerprint density at radius 1 is 1.16 bits per heavy atom. The van der Waals surface area contributed by atoms with E-state index in [1.54, 1.807) is 19.1 Å². The summed E-state index contributed by atoms with van der Waals surface area (Å²) in [5, 5.41) is 13.9. The molecule has 0 saturated carbocycles. The van der Waals surface area contributed by atoms with Crippen LogP contribution in [0.4, 0.5) is 22.7 Å². The Morgan fingerprint density at radius 3 is 2.38 bits per heavy atom. The molecule has 9 nitrogen and oxygen atoms in total. The molecule has 1 N–H and O–H groups in total. The van der Waals surface area contributed by atoms with E-state index >= 15 is 0 Å². The van der Waals surface area contributed by atoms with Crippen LogP contribution in [0.2, 0.25) is 0 Å². The lowest BCUT2D eigenvalue weighted by Crippen LogP contribution is -2.47. The zero-order chi connectivity index (χ0) is 23.3. The molecule has 0 unspecified atom stereocenters. The van der Waals surface area contributed by atoms with Crippen molar-refractivity contribution in [3.05, 3.63) is 58.6 Å². The van der Waals surface area contributed by atoms with Crippen molar-refractivity contribution in [2.45, 2.75) is 38.6 Å². The monoisotopic (exact) mass is 460 g/mol. The largest absolute Gasteiger partial charge is 0.372 e. The molecule has 1 saturated heterocycles. The number of nitro benzene ring substituents is 1. The van der Waals surface area contributed by atoms with Crippen molar-refractivity contribution in [2.75, 3.05) is 33.9 Å². The van der Waals surface area contributed by atoms with Crippen molar-refractivity contribution in [2.24, 2.45) is 0 Å². The van der Waals surface area contributed by atoms with E-state index in [9.17, 15) is 23.3 Å². The number of anilines is 3. The molecule has 0 spiro atoms. The summed E-state index contributed by atoms with van der Waals surface area (Å²) in [5.74, 6) is -0.504. The third kappa shape index (κ3) is 5.56. The molecule has 1 aliphatic rings. The van der Waals surface area contributed by atoms with Gasteiger partial charge in [0.25, 0.3) is 5.69 Å². The first-order valence-corrected chi connectivity index (χ1v) is 12.4. The molecule has 10 heteroatoms. The van der Waals surface area contributed by atoms with Gasteiger partial charge in [0.05, 0.1) is 16.9 Å². The number of piperidine rings is 1. The molecule has 1 amide bonds. The first-order valence-electron chi connectivity index (χ1n) is 10.6. The number of non-ortho nitro benzene ring substituents is 1. The van der Waals surface area contributed by atoms with Crippen LogP contribution in [0.15, 0.2) is 48.5 Å². The van der Waals surface area contributed by atoms with Gasteiger partial charge in [-0.25, -0.2) is 8.42 Å². The number of nitrogens with one attached hydrogen (secondary N) is 1. The summed E-state index contributed by atoms with van der Waals surface area (Å²) in [4.78, 5) is 25.9. The van der Waals surface area contributed by atoms with Crippen LogP contribution in [-0.4, -0.2) is 44.6 Å². The van der Waals surface area contributed by atoms with Gasteiger partial charge in [0.2, 0.25) is 15.9 Å². The molecule has 32 heavy (non-hydrogen) atoms. The highest BCUT2D eigenvalue weighted by molar-refractivity contribution is 7.92. The van der Waals surface area contributed by atoms with Crippen LogP contribution in [0.5, 0.6) is 0 Å². The first kappa shape index (κ1) is 23.5. The van der Waals surface area contributed by atoms with Crippen LogP contribution in [0.1, 0.15) is 32.6 Å². The minimum atomic E-state index is -3.89. The number of hydrogen-bond acceptors (Lipinski definition) is 6. The molecule has 2 aromatic rings. The van der Waals surface area contributed by atoms with E-state index in [0.717, 1.165) is 48.2 Å². The van der Waals surface area contributed by atoms with Crippen LogP contribution in [0.25, 0.3) is 0 Å². The SMILES string of the molecule is CC[C@H](C(=O)Nc1ccc(N2CCCCC2)cc1)N(c1cccc([N+](=O)[O-])c1)S(C)(=O)=O. The third-order valence-electron chi connectivity index (χ3n) is 5.48. The second-order valence-corrected chi connectivity index (χ2v) is 9.70. The Balaban J connectivity index is 1.82. The maximum absolute atomic E-state index is 13.0. The van der Waals surface area contributed by atoms with Gasteiger partial charge in [-0.3, -0.25) is 19.2 Å². The van der Waals surface area contributed by atoms with E-state index < -0.39 is 26.9 Å². The van der Waals surface area contributed by atoms with E-state index in [0.29, 0.717) is 5.69 Å². The molecule has 1 fully saturated rings. The number of rotatable bonds is 8. The summed E-state index contributed by atoms with van der Waals surface area (Å²) in [6.07, 6.45) is 4.73. The predicted octanol–water partition coefficient (Wildman–Crippen LogP) is 3.77. The molecule has 0 radical (unpaired) electrons. The summed E-state index contributed by atoms with van der Waals surface area (Å²) in [6, 6.07) is 11.7. The van der Waals surface area contributed by atoms with Crippen molar-refractivity contribution in [3.8, 4) is 0 Å². The second-order valence-electron chi connectivity index (χ2n) is 7.84. The van der Waals surface area contributed by atoms with E-state index in [4.69, 9.17) is 0 Å². The highest BCUT2D eigenvalue weighted by Gasteiger charge is 2.32. The molecule has 1 atom stereocenters. The summed E-state index contributed by atoms with van der Waals surface area (Å²) in [6.45, 7) is 3.71. The van der Waals surface area contributed by atoms with E-state index in [-0.39, 0.29) is 17.8 Å². The Bertz CT molecular complexity index is 1070. The Hall–Kier alpha value is -3.14. The van der Waals surface area contributed by atoms with Gasteiger partial charge < -0.3 is 10.2 Å². The van der Waals surface area contributed by atoms with Crippen LogP contribution in [0, 0.1) is 10.1 Å². The Kier molecular flexibility index (Phi) is 7.34. The Morgan fingerprint density at radius 2 is 1.81 bits per heavy atom. The number of sulfonamides is 1. The summed E-state index contributed by atoms with van der Waals surface area (Å²) < 4.78 is 26.1. The quantitative estimate of drug-likeness (QED) is 0.474. The number of hydrogen-bond donors (Lipinski definition) is 1. The smallest absolute Gasteiger partial charge is 0.271 e. The lowest BCUT2D eigenvalue weighted by atomic mass is 10.1. The molecular weight excluding hydrogens is 432 g/mol. The lowest BCUT2D eigenvalue weighted by Gasteiger charge is -2.30. The van der Waals surface area contributed by atoms with Crippen molar-refractivity contribution < 1.29 is 18.1 Å². The summed E-state index contributed by atoms with van der Waals surface area (Å²) >= 11 is 0. The van der Waals surface area contributed by atoms with Gasteiger partial charge in [0.15, 0.2) is 0 Å². The fourth-order valence-electron chi connectivity index (χ4n) is 3.94. The van der Waals surface area contributed by atoms with Crippen LogP contribution < -0.4 is 14.5 Å². The number of amides is 1. The zero-order valence-electron chi connectivity index (χ0n) is 18.2. The van der Waals surface area contributed by atoms with Crippen molar-refractivity contribution in [1.29, 1.82) is 0 Å².